The molecule has 1 heterocycles. The maximum Gasteiger partial charge on any atom is 0.281 e. The number of carbonyl (C=O) groups excluding carboxylic acids is 2. The van der Waals surface area contributed by atoms with Gasteiger partial charge >= 0.3 is 0 Å². The Morgan fingerprint density at radius 2 is 1.71 bits per heavy atom. The van der Waals surface area contributed by atoms with Crippen LogP contribution >= 0.6 is 0 Å². The summed E-state index contributed by atoms with van der Waals surface area (Å²) in [6.45, 7) is 0. The molecule has 5 heteroatoms. The maximum absolute atomic E-state index is 12.8. The Balaban J connectivity index is 2.34. The van der Waals surface area contributed by atoms with E-state index in [0.717, 1.165) is 4.90 Å². The summed E-state index contributed by atoms with van der Waals surface area (Å²) < 4.78 is 12.8. The van der Waals surface area contributed by atoms with Crippen LogP contribution in [0.4, 0.5) is 10.1 Å². The van der Waals surface area contributed by atoms with E-state index in [1.807, 2.05) is 0 Å². The molecule has 1 aliphatic heterocycles. The molecule has 0 unspecified atom stereocenters. The Kier molecular flexibility index (Phi) is 2.67. The van der Waals surface area contributed by atoms with Gasteiger partial charge in [0.05, 0.1) is 5.69 Å². The maximum atomic E-state index is 12.8. The minimum Gasteiger partial charge on any atom is -0.373 e. The van der Waals surface area contributed by atoms with E-state index in [2.05, 4.69) is 0 Å². The second kappa shape index (κ2) is 4.01. The third-order valence-electron chi connectivity index (χ3n) is 2.47. The van der Waals surface area contributed by atoms with Gasteiger partial charge in [-0.3, -0.25) is 9.59 Å². The summed E-state index contributed by atoms with van der Waals surface area (Å²) in [5.74, 6) is -1.22. The van der Waals surface area contributed by atoms with Gasteiger partial charge in [-0.25, -0.2) is 9.29 Å². The number of nitrogens with zero attached hydrogens (tertiary/aromatic N) is 2. The summed E-state index contributed by atoms with van der Waals surface area (Å²) in [6.07, 6.45) is 1.27. The van der Waals surface area contributed by atoms with Gasteiger partial charge in [0.25, 0.3) is 11.8 Å². The third kappa shape index (κ3) is 1.91. The lowest BCUT2D eigenvalue weighted by Gasteiger charge is -2.17. The molecule has 2 rings (SSSR count). The molecule has 17 heavy (non-hydrogen) atoms. The van der Waals surface area contributed by atoms with Crippen molar-refractivity contribution in [1.82, 2.24) is 4.90 Å². The molecule has 0 N–H and O–H groups in total. The van der Waals surface area contributed by atoms with Crippen LogP contribution in [0.25, 0.3) is 0 Å². The molecule has 0 atom stereocenters. The SMILES string of the molecule is CN(C)C1=CC(=O)N(c2ccc(F)cc2)C1=O. The van der Waals surface area contributed by atoms with Crippen LogP contribution in [0.3, 0.4) is 0 Å². The Labute approximate surface area is 97.9 Å². The highest BCUT2D eigenvalue weighted by Crippen LogP contribution is 2.23. The first-order chi connectivity index (χ1) is 8.00. The third-order valence-corrected chi connectivity index (χ3v) is 2.47. The van der Waals surface area contributed by atoms with Crippen LogP contribution in [-0.2, 0) is 9.59 Å². The van der Waals surface area contributed by atoms with E-state index < -0.39 is 17.6 Å². The van der Waals surface area contributed by atoms with Gasteiger partial charge in [0.2, 0.25) is 0 Å². The summed E-state index contributed by atoms with van der Waals surface area (Å²) in [5, 5.41) is 0. The smallest absolute Gasteiger partial charge is 0.281 e. The van der Waals surface area contributed by atoms with Gasteiger partial charge < -0.3 is 4.90 Å². The van der Waals surface area contributed by atoms with E-state index in [9.17, 15) is 14.0 Å². The summed E-state index contributed by atoms with van der Waals surface area (Å²) in [4.78, 5) is 26.2. The van der Waals surface area contributed by atoms with E-state index in [1.54, 1.807) is 19.0 Å². The molecule has 0 saturated carbocycles. The molecule has 0 saturated heterocycles. The molecule has 0 aliphatic carbocycles. The van der Waals surface area contributed by atoms with E-state index in [4.69, 9.17) is 0 Å². The van der Waals surface area contributed by atoms with E-state index in [-0.39, 0.29) is 0 Å². The van der Waals surface area contributed by atoms with Crippen molar-refractivity contribution in [1.29, 1.82) is 0 Å². The highest BCUT2D eigenvalue weighted by atomic mass is 19.1. The molecule has 0 bridgehead atoms. The predicted octanol–water partition coefficient (Wildman–Crippen LogP) is 1.14. The fourth-order valence-corrected chi connectivity index (χ4v) is 1.61. The average Bonchev–Trinajstić information content (AvgIpc) is 2.56. The number of hydrogen-bond donors (Lipinski definition) is 0. The summed E-state index contributed by atoms with van der Waals surface area (Å²) in [6, 6.07) is 5.22. The van der Waals surface area contributed by atoms with Crippen LogP contribution < -0.4 is 4.90 Å². The fourth-order valence-electron chi connectivity index (χ4n) is 1.61. The van der Waals surface area contributed by atoms with Crippen LogP contribution in [0.2, 0.25) is 0 Å². The number of anilines is 1. The molecular formula is C12H11FN2O2. The fraction of sp³-hybridized carbons (Fsp3) is 0.167. The predicted molar refractivity (Wildman–Crippen MR) is 60.7 cm³/mol. The number of amides is 2. The second-order valence-electron chi connectivity index (χ2n) is 3.88. The first kappa shape index (κ1) is 11.3. The van der Waals surface area contributed by atoms with Crippen molar-refractivity contribution < 1.29 is 14.0 Å². The Morgan fingerprint density at radius 3 is 2.18 bits per heavy atom. The van der Waals surface area contributed by atoms with Crippen molar-refractivity contribution >= 4 is 17.5 Å². The summed E-state index contributed by atoms with van der Waals surface area (Å²) in [5.41, 5.74) is 0.689. The van der Waals surface area contributed by atoms with E-state index in [1.165, 1.54) is 30.3 Å². The van der Waals surface area contributed by atoms with Gasteiger partial charge in [-0.2, -0.15) is 0 Å². The van der Waals surface area contributed by atoms with Gasteiger partial charge in [0, 0.05) is 20.2 Å². The zero-order valence-corrected chi connectivity index (χ0v) is 9.48. The number of carbonyl (C=O) groups is 2. The topological polar surface area (TPSA) is 40.6 Å². The van der Waals surface area contributed by atoms with Crippen LogP contribution in [0.1, 0.15) is 0 Å². The van der Waals surface area contributed by atoms with Crippen molar-refractivity contribution in [2.45, 2.75) is 0 Å². The summed E-state index contributed by atoms with van der Waals surface area (Å²) >= 11 is 0. The zero-order valence-electron chi connectivity index (χ0n) is 9.48. The number of rotatable bonds is 2. The van der Waals surface area contributed by atoms with Gasteiger partial charge in [-0.05, 0) is 24.3 Å². The van der Waals surface area contributed by atoms with Crippen molar-refractivity contribution in [2.24, 2.45) is 0 Å². The van der Waals surface area contributed by atoms with Crippen LogP contribution in [0, 0.1) is 5.82 Å². The molecule has 1 aromatic rings. The number of hydrogen-bond acceptors (Lipinski definition) is 3. The normalized spacial score (nSPS) is 15.2. The zero-order chi connectivity index (χ0) is 12.6. The molecule has 0 aromatic heterocycles. The molecular weight excluding hydrogens is 223 g/mol. The Hall–Kier alpha value is -2.17. The van der Waals surface area contributed by atoms with Crippen molar-refractivity contribution in [3.05, 3.63) is 41.9 Å². The van der Waals surface area contributed by atoms with Gasteiger partial charge in [0.15, 0.2) is 0 Å². The second-order valence-corrected chi connectivity index (χ2v) is 3.88. The monoisotopic (exact) mass is 234 g/mol. The van der Waals surface area contributed by atoms with Gasteiger partial charge in [-0.15, -0.1) is 0 Å². The molecule has 2 amide bonds. The van der Waals surface area contributed by atoms with Crippen molar-refractivity contribution in [3.63, 3.8) is 0 Å². The Morgan fingerprint density at radius 1 is 1.12 bits per heavy atom. The van der Waals surface area contributed by atoms with Crippen molar-refractivity contribution in [2.75, 3.05) is 19.0 Å². The standard InChI is InChI=1S/C12H11FN2O2/c1-14(2)10-7-11(16)15(12(10)17)9-5-3-8(13)4-6-9/h3-7H,1-2H3. The van der Waals surface area contributed by atoms with Crippen LogP contribution in [0.5, 0.6) is 0 Å². The molecule has 1 aliphatic rings. The quantitative estimate of drug-likeness (QED) is 0.720. The molecule has 0 spiro atoms. The molecule has 4 nitrogen and oxygen atoms in total. The molecule has 88 valence electrons. The lowest BCUT2D eigenvalue weighted by molar-refractivity contribution is -0.120. The summed E-state index contributed by atoms with van der Waals surface area (Å²) in [7, 11) is 3.37. The molecule has 0 radical (unpaired) electrons. The number of imide groups is 1. The van der Waals surface area contributed by atoms with Crippen LogP contribution in [0.15, 0.2) is 36.0 Å². The number of halogens is 1. The number of benzene rings is 1. The van der Waals surface area contributed by atoms with Gasteiger partial charge in [0.1, 0.15) is 11.5 Å². The molecule has 1 aromatic carbocycles. The first-order valence-electron chi connectivity index (χ1n) is 5.03. The minimum atomic E-state index is -0.412. The average molecular weight is 234 g/mol. The van der Waals surface area contributed by atoms with E-state index >= 15 is 0 Å². The highest BCUT2D eigenvalue weighted by Gasteiger charge is 2.33. The lowest BCUT2D eigenvalue weighted by atomic mass is 10.3. The largest absolute Gasteiger partial charge is 0.373 e. The highest BCUT2D eigenvalue weighted by molar-refractivity contribution is 6.30. The van der Waals surface area contributed by atoms with Crippen molar-refractivity contribution in [3.8, 4) is 0 Å². The number of likely N-dealkylation sites (N-methyl/N-ethyl adjacent to an activating group) is 1. The minimum absolute atomic E-state index is 0.319. The first-order valence-corrected chi connectivity index (χ1v) is 5.03. The van der Waals surface area contributed by atoms with Crippen LogP contribution in [-0.4, -0.2) is 30.8 Å². The Bertz CT molecular complexity index is 506. The van der Waals surface area contributed by atoms with E-state index in [0.29, 0.717) is 11.4 Å². The lowest BCUT2D eigenvalue weighted by Crippen LogP contribution is -2.33. The van der Waals surface area contributed by atoms with Gasteiger partial charge in [-0.1, -0.05) is 0 Å². The molecule has 0 fully saturated rings.